The molecule has 2 rings (SSSR count). The molecule has 0 fully saturated rings. The second-order valence-corrected chi connectivity index (χ2v) is 5.94. The number of esters is 1. The van der Waals surface area contributed by atoms with Gasteiger partial charge in [0.15, 0.2) is 6.10 Å². The van der Waals surface area contributed by atoms with Crippen molar-refractivity contribution < 1.29 is 18.7 Å². The second kappa shape index (κ2) is 7.25. The van der Waals surface area contributed by atoms with Crippen LogP contribution < -0.4 is 5.32 Å². The molecule has 0 radical (unpaired) electrons. The SMILES string of the molecule is Cc1ccoc1C(=O)OC(C)C(=O)Nc1cc(Cl)c(Cl)cc1Cl. The van der Waals surface area contributed by atoms with Crippen LogP contribution in [0.1, 0.15) is 23.0 Å². The van der Waals surface area contributed by atoms with E-state index in [1.165, 1.54) is 25.3 Å². The number of ether oxygens (including phenoxy) is 1. The molecule has 1 heterocycles. The van der Waals surface area contributed by atoms with Crippen molar-refractivity contribution in [1.29, 1.82) is 0 Å². The maximum Gasteiger partial charge on any atom is 0.375 e. The predicted molar refractivity (Wildman–Crippen MR) is 88.4 cm³/mol. The van der Waals surface area contributed by atoms with Crippen LogP contribution in [0.15, 0.2) is 28.9 Å². The van der Waals surface area contributed by atoms with Crippen LogP contribution in [0.2, 0.25) is 15.1 Å². The van der Waals surface area contributed by atoms with Crippen LogP contribution in [-0.2, 0) is 9.53 Å². The highest BCUT2D eigenvalue weighted by atomic mass is 35.5. The van der Waals surface area contributed by atoms with Crippen molar-refractivity contribution in [2.45, 2.75) is 20.0 Å². The number of benzene rings is 1. The number of hydrogen-bond acceptors (Lipinski definition) is 4. The van der Waals surface area contributed by atoms with E-state index in [1.807, 2.05) is 0 Å². The minimum atomic E-state index is -1.06. The Labute approximate surface area is 147 Å². The van der Waals surface area contributed by atoms with Crippen molar-refractivity contribution in [3.05, 3.63) is 50.9 Å². The first-order valence-corrected chi connectivity index (χ1v) is 7.63. The van der Waals surface area contributed by atoms with Crippen LogP contribution in [0.3, 0.4) is 0 Å². The standard InChI is InChI=1S/C15H12Cl3NO4/c1-7-3-4-22-13(7)15(21)23-8(2)14(20)19-12-6-10(17)9(16)5-11(12)18/h3-6,8H,1-2H3,(H,19,20). The smallest absolute Gasteiger partial charge is 0.375 e. The second-order valence-electron chi connectivity index (χ2n) is 4.72. The molecule has 1 aromatic carbocycles. The van der Waals surface area contributed by atoms with Crippen molar-refractivity contribution in [3.8, 4) is 0 Å². The van der Waals surface area contributed by atoms with Crippen LogP contribution in [0.25, 0.3) is 0 Å². The molecule has 122 valence electrons. The van der Waals surface area contributed by atoms with E-state index in [9.17, 15) is 9.59 Å². The Kier molecular flexibility index (Phi) is 5.57. The molecule has 0 saturated carbocycles. The van der Waals surface area contributed by atoms with E-state index < -0.39 is 18.0 Å². The van der Waals surface area contributed by atoms with Crippen LogP contribution in [0, 0.1) is 6.92 Å². The fourth-order valence-corrected chi connectivity index (χ4v) is 2.30. The molecule has 0 aliphatic heterocycles. The number of nitrogens with one attached hydrogen (secondary N) is 1. The summed E-state index contributed by atoms with van der Waals surface area (Å²) in [5, 5.41) is 3.24. The highest BCUT2D eigenvalue weighted by Gasteiger charge is 2.23. The van der Waals surface area contributed by atoms with E-state index in [-0.39, 0.29) is 26.5 Å². The van der Waals surface area contributed by atoms with Gasteiger partial charge in [0.05, 0.1) is 27.0 Å². The zero-order valence-corrected chi connectivity index (χ0v) is 14.4. The summed E-state index contributed by atoms with van der Waals surface area (Å²) >= 11 is 17.7. The molecule has 1 N–H and O–H groups in total. The predicted octanol–water partition coefficient (Wildman–Crippen LogP) is 4.73. The van der Waals surface area contributed by atoms with Gasteiger partial charge in [0.1, 0.15) is 0 Å². The zero-order chi connectivity index (χ0) is 17.1. The third kappa shape index (κ3) is 4.19. The van der Waals surface area contributed by atoms with Gasteiger partial charge < -0.3 is 14.5 Å². The van der Waals surface area contributed by atoms with Crippen molar-refractivity contribution >= 4 is 52.4 Å². The molecule has 1 atom stereocenters. The Balaban J connectivity index is 2.05. The molecular formula is C15H12Cl3NO4. The first-order valence-electron chi connectivity index (χ1n) is 6.50. The van der Waals surface area contributed by atoms with Crippen LogP contribution in [0.5, 0.6) is 0 Å². The Morgan fingerprint density at radius 2 is 1.83 bits per heavy atom. The van der Waals surface area contributed by atoms with Crippen molar-refractivity contribution in [2.24, 2.45) is 0 Å². The molecule has 23 heavy (non-hydrogen) atoms. The van der Waals surface area contributed by atoms with Crippen molar-refractivity contribution in [1.82, 2.24) is 0 Å². The fourth-order valence-electron chi connectivity index (χ4n) is 1.70. The number of carbonyl (C=O) groups is 2. The maximum absolute atomic E-state index is 12.1. The first kappa shape index (κ1) is 17.7. The van der Waals surface area contributed by atoms with Gasteiger partial charge >= 0.3 is 5.97 Å². The minimum Gasteiger partial charge on any atom is -0.457 e. The summed E-state index contributed by atoms with van der Waals surface area (Å²) in [5.41, 5.74) is 0.887. The van der Waals surface area contributed by atoms with Gasteiger partial charge in [0.25, 0.3) is 5.91 Å². The number of rotatable bonds is 4. The van der Waals surface area contributed by atoms with Crippen molar-refractivity contribution in [2.75, 3.05) is 5.32 Å². The quantitative estimate of drug-likeness (QED) is 0.618. The van der Waals surface area contributed by atoms with Gasteiger partial charge in [0.2, 0.25) is 5.76 Å². The Hall–Kier alpha value is -1.69. The Bertz CT molecular complexity index is 757. The normalized spacial score (nSPS) is 11.9. The molecule has 0 aliphatic rings. The highest BCUT2D eigenvalue weighted by Crippen LogP contribution is 2.32. The number of halogens is 3. The van der Waals surface area contributed by atoms with Crippen LogP contribution in [-0.4, -0.2) is 18.0 Å². The third-order valence-electron chi connectivity index (χ3n) is 2.97. The summed E-state index contributed by atoms with van der Waals surface area (Å²) in [6.45, 7) is 3.12. The number of amides is 1. The van der Waals surface area contributed by atoms with E-state index in [0.29, 0.717) is 5.56 Å². The van der Waals surface area contributed by atoms with Gasteiger partial charge in [-0.15, -0.1) is 0 Å². The highest BCUT2D eigenvalue weighted by molar-refractivity contribution is 6.44. The lowest BCUT2D eigenvalue weighted by atomic mass is 10.2. The molecule has 0 saturated heterocycles. The molecule has 8 heteroatoms. The topological polar surface area (TPSA) is 68.5 Å². The monoisotopic (exact) mass is 375 g/mol. The summed E-state index contributed by atoms with van der Waals surface area (Å²) in [6, 6.07) is 4.44. The molecule has 0 bridgehead atoms. The molecular weight excluding hydrogens is 365 g/mol. The van der Waals surface area contributed by atoms with E-state index in [2.05, 4.69) is 5.32 Å². The Morgan fingerprint density at radius 1 is 1.17 bits per heavy atom. The lowest BCUT2D eigenvalue weighted by Gasteiger charge is -2.14. The zero-order valence-electron chi connectivity index (χ0n) is 12.2. The van der Waals surface area contributed by atoms with E-state index in [1.54, 1.807) is 13.0 Å². The molecule has 2 aromatic rings. The van der Waals surface area contributed by atoms with Crippen LogP contribution >= 0.6 is 34.8 Å². The lowest BCUT2D eigenvalue weighted by Crippen LogP contribution is -2.30. The molecule has 1 amide bonds. The number of aryl methyl sites for hydroxylation is 1. The fraction of sp³-hybridized carbons (Fsp3) is 0.200. The van der Waals surface area contributed by atoms with Gasteiger partial charge in [-0.05, 0) is 32.0 Å². The van der Waals surface area contributed by atoms with E-state index >= 15 is 0 Å². The summed E-state index contributed by atoms with van der Waals surface area (Å²) in [6.07, 6.45) is 0.309. The lowest BCUT2D eigenvalue weighted by molar-refractivity contribution is -0.123. The Morgan fingerprint density at radius 3 is 2.43 bits per heavy atom. The number of hydrogen-bond donors (Lipinski definition) is 1. The first-order chi connectivity index (χ1) is 10.8. The number of carbonyl (C=O) groups excluding carboxylic acids is 2. The molecule has 1 aromatic heterocycles. The van der Waals surface area contributed by atoms with Gasteiger partial charge in [-0.25, -0.2) is 4.79 Å². The molecule has 0 aliphatic carbocycles. The largest absolute Gasteiger partial charge is 0.457 e. The van der Waals surface area contributed by atoms with Gasteiger partial charge in [-0.3, -0.25) is 4.79 Å². The molecule has 1 unspecified atom stereocenters. The van der Waals surface area contributed by atoms with Crippen molar-refractivity contribution in [3.63, 3.8) is 0 Å². The maximum atomic E-state index is 12.1. The average Bonchev–Trinajstić information content (AvgIpc) is 2.90. The summed E-state index contributed by atoms with van der Waals surface area (Å²) < 4.78 is 10.1. The summed E-state index contributed by atoms with van der Waals surface area (Å²) in [4.78, 5) is 24.0. The van der Waals surface area contributed by atoms with Gasteiger partial charge in [0, 0.05) is 5.56 Å². The minimum absolute atomic E-state index is 0.0530. The van der Waals surface area contributed by atoms with Gasteiger partial charge in [-0.2, -0.15) is 0 Å². The summed E-state index contributed by atoms with van der Waals surface area (Å²) in [7, 11) is 0. The molecule has 5 nitrogen and oxygen atoms in total. The van der Waals surface area contributed by atoms with E-state index in [4.69, 9.17) is 44.0 Å². The molecule has 0 spiro atoms. The average molecular weight is 377 g/mol. The summed E-state index contributed by atoms with van der Waals surface area (Å²) in [5.74, 6) is -1.24. The van der Waals surface area contributed by atoms with Crippen LogP contribution in [0.4, 0.5) is 5.69 Å². The van der Waals surface area contributed by atoms with E-state index in [0.717, 1.165) is 0 Å². The number of furan rings is 1. The number of anilines is 1. The van der Waals surface area contributed by atoms with Gasteiger partial charge in [-0.1, -0.05) is 34.8 Å². The third-order valence-corrected chi connectivity index (χ3v) is 4.00.